The Morgan fingerprint density at radius 1 is 1.29 bits per heavy atom. The van der Waals surface area contributed by atoms with Gasteiger partial charge in [-0.3, -0.25) is 5.01 Å². The number of methoxy groups -OCH3 is 2. The fourth-order valence-corrected chi connectivity index (χ4v) is 4.30. The summed E-state index contributed by atoms with van der Waals surface area (Å²) in [6.07, 6.45) is 0.807. The molecule has 206 valence electrons. The van der Waals surface area contributed by atoms with Crippen LogP contribution in [-0.2, 0) is 31.0 Å². The van der Waals surface area contributed by atoms with Gasteiger partial charge >= 0.3 is 5.97 Å². The lowest BCUT2D eigenvalue weighted by Crippen LogP contribution is -2.40. The Labute approximate surface area is 217 Å². The van der Waals surface area contributed by atoms with Gasteiger partial charge < -0.3 is 24.4 Å². The minimum absolute atomic E-state index is 0.0700. The molecule has 2 aliphatic heterocycles. The largest absolute Gasteiger partial charge is 0.503 e. The van der Waals surface area contributed by atoms with Gasteiger partial charge in [0.25, 0.3) is 0 Å². The first-order chi connectivity index (χ1) is 18.0. The van der Waals surface area contributed by atoms with Gasteiger partial charge in [0.2, 0.25) is 0 Å². The van der Waals surface area contributed by atoms with E-state index in [9.17, 15) is 23.8 Å². The third kappa shape index (κ3) is 4.77. The van der Waals surface area contributed by atoms with Crippen molar-refractivity contribution in [1.29, 1.82) is 0 Å². The molecular formula is C24H30F2N6O6. The number of aliphatic hydroxyl groups is 2. The predicted octanol–water partition coefficient (Wildman–Crippen LogP) is 1.40. The van der Waals surface area contributed by atoms with Crippen molar-refractivity contribution in [2.24, 2.45) is 0 Å². The molecule has 4 N–H and O–H groups in total. The van der Waals surface area contributed by atoms with E-state index in [1.54, 1.807) is 20.0 Å². The number of nitrogens with one attached hydrogen (secondary N) is 2. The smallest absolute Gasteiger partial charge is 0.333 e. The molecule has 0 radical (unpaired) electrons. The maximum atomic E-state index is 14.6. The van der Waals surface area contributed by atoms with Crippen LogP contribution in [0.3, 0.4) is 0 Å². The number of ether oxygens (including phenoxy) is 3. The number of aryl methyl sites for hydroxylation is 1. The Bertz CT molecular complexity index is 1290. The van der Waals surface area contributed by atoms with E-state index in [1.807, 2.05) is 0 Å². The molecule has 1 aromatic heterocycles. The van der Waals surface area contributed by atoms with Gasteiger partial charge in [0.15, 0.2) is 40.6 Å². The molecule has 0 aliphatic carbocycles. The Hall–Kier alpha value is -3.75. The lowest BCUT2D eigenvalue weighted by atomic mass is 10.0. The number of hydrazine groups is 2. The van der Waals surface area contributed by atoms with E-state index in [4.69, 9.17) is 14.2 Å². The summed E-state index contributed by atoms with van der Waals surface area (Å²) >= 11 is 0. The van der Waals surface area contributed by atoms with Crippen LogP contribution in [0.5, 0.6) is 0 Å². The van der Waals surface area contributed by atoms with E-state index in [0.29, 0.717) is 5.69 Å². The van der Waals surface area contributed by atoms with Crippen molar-refractivity contribution in [2.45, 2.75) is 44.9 Å². The summed E-state index contributed by atoms with van der Waals surface area (Å²) in [5, 5.41) is 30.4. The van der Waals surface area contributed by atoms with Crippen LogP contribution in [-0.4, -0.2) is 69.7 Å². The Morgan fingerprint density at radius 3 is 2.68 bits per heavy atom. The number of carbonyl (C=O) groups is 1. The molecule has 2 aromatic rings. The molecule has 1 aromatic carbocycles. The summed E-state index contributed by atoms with van der Waals surface area (Å²) < 4.78 is 46.4. The van der Waals surface area contributed by atoms with E-state index in [1.165, 1.54) is 43.0 Å². The van der Waals surface area contributed by atoms with Gasteiger partial charge in [-0.05, 0) is 26.3 Å². The summed E-state index contributed by atoms with van der Waals surface area (Å²) in [4.78, 5) is 12.1. The fourth-order valence-electron chi connectivity index (χ4n) is 4.30. The van der Waals surface area contributed by atoms with Crippen LogP contribution >= 0.6 is 0 Å². The zero-order chi connectivity index (χ0) is 27.8. The second-order valence-electron chi connectivity index (χ2n) is 9.38. The first kappa shape index (κ1) is 27.3. The third-order valence-electron chi connectivity index (χ3n) is 6.54. The van der Waals surface area contributed by atoms with Gasteiger partial charge in [0, 0.05) is 18.2 Å². The average Bonchev–Trinajstić information content (AvgIpc) is 3.58. The van der Waals surface area contributed by atoms with Gasteiger partial charge in [0.05, 0.1) is 32.5 Å². The van der Waals surface area contributed by atoms with Crippen LogP contribution in [0.2, 0.25) is 0 Å². The number of benzene rings is 1. The lowest BCUT2D eigenvalue weighted by Gasteiger charge is -2.32. The first-order valence-electron chi connectivity index (χ1n) is 11.7. The molecule has 0 saturated carbocycles. The Kier molecular flexibility index (Phi) is 7.58. The highest BCUT2D eigenvalue weighted by molar-refractivity contribution is 5.77. The molecular weight excluding hydrogens is 506 g/mol. The van der Waals surface area contributed by atoms with Crippen molar-refractivity contribution >= 4 is 5.97 Å². The van der Waals surface area contributed by atoms with E-state index >= 15 is 0 Å². The van der Waals surface area contributed by atoms with Gasteiger partial charge in [-0.25, -0.2) is 23.7 Å². The molecule has 1 saturated heterocycles. The summed E-state index contributed by atoms with van der Waals surface area (Å²) in [5.74, 6) is -2.73. The molecule has 0 spiro atoms. The standard InChI is InChI=1S/C24H30F2N6O6/c1-12-6-7-14(19(26)18(12)25)15-10-31(29-28-15)20-21(34)17(11-33)38-16(22(20)36-4)8-13-9-32(30-27-13)24(2,3)23(35)37-5/h6-7,9,15-16,28-29,33-34H,8,10-11H2,1-5H3/t15-,16-/m1/s1. The highest BCUT2D eigenvalue weighted by atomic mass is 19.2. The van der Waals surface area contributed by atoms with Crippen LogP contribution in [0.4, 0.5) is 8.78 Å². The molecule has 38 heavy (non-hydrogen) atoms. The van der Waals surface area contributed by atoms with E-state index in [2.05, 4.69) is 21.3 Å². The zero-order valence-electron chi connectivity index (χ0n) is 21.6. The lowest BCUT2D eigenvalue weighted by molar-refractivity contribution is -0.150. The second-order valence-corrected chi connectivity index (χ2v) is 9.38. The van der Waals surface area contributed by atoms with E-state index < -0.39 is 41.9 Å². The molecule has 4 rings (SSSR count). The molecule has 0 bridgehead atoms. The number of aliphatic hydroxyl groups excluding tert-OH is 2. The Morgan fingerprint density at radius 2 is 2.03 bits per heavy atom. The van der Waals surface area contributed by atoms with Crippen molar-refractivity contribution in [1.82, 2.24) is 31.0 Å². The monoisotopic (exact) mass is 536 g/mol. The van der Waals surface area contributed by atoms with Crippen LogP contribution in [0, 0.1) is 18.6 Å². The van der Waals surface area contributed by atoms with Gasteiger partial charge in [-0.2, -0.15) is 5.53 Å². The number of hydrogen-bond donors (Lipinski definition) is 4. The number of halogens is 2. The van der Waals surface area contributed by atoms with Crippen LogP contribution in [0.1, 0.15) is 36.7 Å². The first-order valence-corrected chi connectivity index (χ1v) is 11.7. The number of hydrogen-bond acceptors (Lipinski definition) is 11. The highest BCUT2D eigenvalue weighted by Crippen LogP contribution is 2.34. The second kappa shape index (κ2) is 10.6. The average molecular weight is 537 g/mol. The zero-order valence-corrected chi connectivity index (χ0v) is 21.6. The number of esters is 1. The van der Waals surface area contributed by atoms with Crippen LogP contribution in [0.15, 0.2) is 41.3 Å². The number of aromatic nitrogens is 3. The molecule has 0 unspecified atom stereocenters. The maximum absolute atomic E-state index is 14.6. The summed E-state index contributed by atoms with van der Waals surface area (Å²) in [6.45, 7) is 4.18. The molecule has 0 amide bonds. The summed E-state index contributed by atoms with van der Waals surface area (Å²) in [6, 6.07) is 2.30. The minimum Gasteiger partial charge on any atom is -0.503 e. The van der Waals surface area contributed by atoms with Crippen molar-refractivity contribution < 1.29 is 38.0 Å². The number of nitrogens with zero attached hydrogens (tertiary/aromatic N) is 4. The van der Waals surface area contributed by atoms with Crippen molar-refractivity contribution in [3.8, 4) is 0 Å². The number of rotatable bonds is 8. The number of carbonyl (C=O) groups excluding carboxylic acids is 1. The molecule has 2 aliphatic rings. The van der Waals surface area contributed by atoms with Crippen molar-refractivity contribution in [2.75, 3.05) is 27.4 Å². The third-order valence-corrected chi connectivity index (χ3v) is 6.54. The molecule has 3 heterocycles. The van der Waals surface area contributed by atoms with Crippen molar-refractivity contribution in [3.05, 3.63) is 69.8 Å². The van der Waals surface area contributed by atoms with Crippen LogP contribution < -0.4 is 11.0 Å². The van der Waals surface area contributed by atoms with Crippen LogP contribution in [0.25, 0.3) is 0 Å². The SMILES string of the molecule is COC(=O)C(C)(C)n1cc(C[C@H]2OC(CO)=C(O)C(N3C[C@H](c4ccc(C)c(F)c4F)NN3)=C2OC)nn1. The molecule has 12 nitrogen and oxygen atoms in total. The molecule has 2 atom stereocenters. The topological polar surface area (TPSA) is 143 Å². The van der Waals surface area contributed by atoms with E-state index in [-0.39, 0.29) is 47.1 Å². The van der Waals surface area contributed by atoms with E-state index in [0.717, 1.165) is 0 Å². The van der Waals surface area contributed by atoms with Crippen molar-refractivity contribution in [3.63, 3.8) is 0 Å². The normalized spacial score (nSPS) is 20.2. The quantitative estimate of drug-likeness (QED) is 0.364. The maximum Gasteiger partial charge on any atom is 0.333 e. The summed E-state index contributed by atoms with van der Waals surface area (Å²) in [5.41, 5.74) is 5.47. The minimum atomic E-state index is -1.11. The molecule has 14 heteroatoms. The van der Waals surface area contributed by atoms with Gasteiger partial charge in [-0.15, -0.1) is 5.10 Å². The Balaban J connectivity index is 1.63. The fraction of sp³-hybridized carbons (Fsp3) is 0.458. The highest BCUT2D eigenvalue weighted by Gasteiger charge is 2.39. The predicted molar refractivity (Wildman–Crippen MR) is 128 cm³/mol. The van der Waals surface area contributed by atoms with Gasteiger partial charge in [-0.1, -0.05) is 17.3 Å². The summed E-state index contributed by atoms with van der Waals surface area (Å²) in [7, 11) is 2.66. The molecule has 1 fully saturated rings. The van der Waals surface area contributed by atoms with Gasteiger partial charge in [0.1, 0.15) is 12.3 Å².